The summed E-state index contributed by atoms with van der Waals surface area (Å²) in [7, 11) is 0. The van der Waals surface area contributed by atoms with Gasteiger partial charge in [-0.1, -0.05) is 11.2 Å². The number of thioether (sulfide) groups is 1. The van der Waals surface area contributed by atoms with Crippen molar-refractivity contribution in [2.24, 2.45) is 5.73 Å². The predicted octanol–water partition coefficient (Wildman–Crippen LogP) is 3.17. The first-order chi connectivity index (χ1) is 9.42. The average molecular weight is 295 g/mol. The van der Waals surface area contributed by atoms with Crippen LogP contribution in [0.1, 0.15) is 32.0 Å². The first-order valence-corrected chi connectivity index (χ1v) is 7.40. The van der Waals surface area contributed by atoms with E-state index in [4.69, 9.17) is 10.3 Å². The maximum atomic E-state index is 13.0. The van der Waals surface area contributed by atoms with Crippen LogP contribution in [0.15, 0.2) is 33.7 Å². The molecule has 2 N–H and O–H groups in total. The van der Waals surface area contributed by atoms with Crippen molar-refractivity contribution in [3.63, 3.8) is 0 Å². The molecule has 108 valence electrons. The van der Waals surface area contributed by atoms with E-state index < -0.39 is 0 Å². The molecule has 4 nitrogen and oxygen atoms in total. The molecule has 0 bridgehead atoms. The van der Waals surface area contributed by atoms with E-state index in [1.54, 1.807) is 6.07 Å². The van der Waals surface area contributed by atoms with E-state index in [9.17, 15) is 4.39 Å². The molecule has 0 atom stereocenters. The van der Waals surface area contributed by atoms with Crippen LogP contribution in [-0.4, -0.2) is 15.7 Å². The van der Waals surface area contributed by atoms with Crippen molar-refractivity contribution in [3.05, 3.63) is 41.8 Å². The molecule has 2 rings (SSSR count). The SMILES string of the molecule is CC(C)(N)CCc1nc(CSc2cccc(F)c2)no1. The molecule has 1 aromatic heterocycles. The minimum atomic E-state index is -0.245. The smallest absolute Gasteiger partial charge is 0.226 e. The maximum absolute atomic E-state index is 13.0. The Balaban J connectivity index is 1.87. The van der Waals surface area contributed by atoms with Crippen LogP contribution in [0.2, 0.25) is 0 Å². The van der Waals surface area contributed by atoms with Crippen molar-refractivity contribution in [3.8, 4) is 0 Å². The average Bonchev–Trinajstić information content (AvgIpc) is 2.81. The van der Waals surface area contributed by atoms with Gasteiger partial charge >= 0.3 is 0 Å². The van der Waals surface area contributed by atoms with Crippen LogP contribution in [0, 0.1) is 5.82 Å². The summed E-state index contributed by atoms with van der Waals surface area (Å²) in [6.07, 6.45) is 1.45. The second-order valence-electron chi connectivity index (χ2n) is 5.34. The highest BCUT2D eigenvalue weighted by Gasteiger charge is 2.14. The van der Waals surface area contributed by atoms with Gasteiger partial charge in [0, 0.05) is 16.9 Å². The summed E-state index contributed by atoms with van der Waals surface area (Å²) in [5, 5.41) is 3.91. The van der Waals surface area contributed by atoms with Crippen LogP contribution in [0.25, 0.3) is 0 Å². The van der Waals surface area contributed by atoms with Crippen molar-refractivity contribution in [2.75, 3.05) is 0 Å². The molecule has 0 unspecified atom stereocenters. The summed E-state index contributed by atoms with van der Waals surface area (Å²) < 4.78 is 18.2. The Kier molecular flexibility index (Phi) is 4.77. The molecule has 20 heavy (non-hydrogen) atoms. The summed E-state index contributed by atoms with van der Waals surface area (Å²) in [5.41, 5.74) is 5.66. The number of nitrogens with two attached hydrogens (primary N) is 1. The third kappa shape index (κ3) is 4.94. The van der Waals surface area contributed by atoms with Gasteiger partial charge in [0.1, 0.15) is 5.82 Å². The first-order valence-electron chi connectivity index (χ1n) is 6.41. The number of benzene rings is 1. The van der Waals surface area contributed by atoms with Crippen molar-refractivity contribution < 1.29 is 8.91 Å². The van der Waals surface area contributed by atoms with Gasteiger partial charge in [-0.2, -0.15) is 4.98 Å². The zero-order valence-electron chi connectivity index (χ0n) is 11.6. The number of hydrogen-bond donors (Lipinski definition) is 1. The van der Waals surface area contributed by atoms with E-state index in [2.05, 4.69) is 10.1 Å². The second kappa shape index (κ2) is 6.37. The molecular weight excluding hydrogens is 277 g/mol. The van der Waals surface area contributed by atoms with Crippen LogP contribution in [0.3, 0.4) is 0 Å². The number of rotatable bonds is 6. The number of nitrogens with zero attached hydrogens (tertiary/aromatic N) is 2. The molecule has 0 aliphatic heterocycles. The van der Waals surface area contributed by atoms with Crippen LogP contribution in [0.5, 0.6) is 0 Å². The molecule has 0 spiro atoms. The Morgan fingerprint density at radius 1 is 1.40 bits per heavy atom. The molecular formula is C14H18FN3OS. The summed E-state index contributed by atoms with van der Waals surface area (Å²) in [5.74, 6) is 1.52. The fourth-order valence-corrected chi connectivity index (χ4v) is 2.37. The van der Waals surface area contributed by atoms with E-state index in [0.717, 1.165) is 11.3 Å². The van der Waals surface area contributed by atoms with Gasteiger partial charge in [-0.3, -0.25) is 0 Å². The van der Waals surface area contributed by atoms with Gasteiger partial charge in [0.05, 0.1) is 5.75 Å². The largest absolute Gasteiger partial charge is 0.339 e. The van der Waals surface area contributed by atoms with Gasteiger partial charge in [0.2, 0.25) is 5.89 Å². The van der Waals surface area contributed by atoms with Gasteiger partial charge < -0.3 is 10.3 Å². The Labute approximate surface area is 121 Å². The van der Waals surface area contributed by atoms with E-state index >= 15 is 0 Å². The number of aryl methyl sites for hydroxylation is 1. The highest BCUT2D eigenvalue weighted by Crippen LogP contribution is 2.22. The Morgan fingerprint density at radius 3 is 2.90 bits per heavy atom. The lowest BCUT2D eigenvalue weighted by atomic mass is 10.0. The molecule has 0 amide bonds. The third-order valence-electron chi connectivity index (χ3n) is 2.66. The monoisotopic (exact) mass is 295 g/mol. The zero-order chi connectivity index (χ0) is 14.6. The van der Waals surface area contributed by atoms with Crippen LogP contribution >= 0.6 is 11.8 Å². The standard InChI is InChI=1S/C14H18FN3OS/c1-14(2,16)7-6-13-17-12(18-19-13)9-20-11-5-3-4-10(15)8-11/h3-5,8H,6-7,9,16H2,1-2H3. The molecule has 0 saturated carbocycles. The molecule has 0 fully saturated rings. The minimum absolute atomic E-state index is 0.242. The zero-order valence-corrected chi connectivity index (χ0v) is 12.4. The molecule has 0 aliphatic carbocycles. The van der Waals surface area contributed by atoms with Gasteiger partial charge in [0.25, 0.3) is 0 Å². The molecule has 0 radical (unpaired) electrons. The highest BCUT2D eigenvalue weighted by atomic mass is 32.2. The minimum Gasteiger partial charge on any atom is -0.339 e. The Hall–Kier alpha value is -1.40. The van der Waals surface area contributed by atoms with E-state index in [0.29, 0.717) is 23.9 Å². The van der Waals surface area contributed by atoms with E-state index in [-0.39, 0.29) is 11.4 Å². The molecule has 6 heteroatoms. The number of hydrogen-bond acceptors (Lipinski definition) is 5. The lowest BCUT2D eigenvalue weighted by molar-refractivity contribution is 0.355. The first kappa shape index (κ1) is 15.0. The summed E-state index contributed by atoms with van der Waals surface area (Å²) >= 11 is 1.47. The predicted molar refractivity (Wildman–Crippen MR) is 76.8 cm³/mol. The molecule has 0 aliphatic rings. The normalized spacial score (nSPS) is 11.8. The van der Waals surface area contributed by atoms with Gasteiger partial charge in [-0.05, 0) is 38.5 Å². The quantitative estimate of drug-likeness (QED) is 0.829. The van der Waals surface area contributed by atoms with Gasteiger partial charge in [-0.25, -0.2) is 4.39 Å². The number of halogens is 1. The lowest BCUT2D eigenvalue weighted by Crippen LogP contribution is -2.32. The molecule has 1 heterocycles. The van der Waals surface area contributed by atoms with Gasteiger partial charge in [-0.15, -0.1) is 11.8 Å². The Bertz CT molecular complexity index is 566. The fourth-order valence-electron chi connectivity index (χ4n) is 1.58. The second-order valence-corrected chi connectivity index (χ2v) is 6.39. The molecule has 2 aromatic rings. The molecule has 1 aromatic carbocycles. The summed E-state index contributed by atoms with van der Waals surface area (Å²) in [6.45, 7) is 3.92. The van der Waals surface area contributed by atoms with Gasteiger partial charge in [0.15, 0.2) is 5.82 Å². The van der Waals surface area contributed by atoms with Crippen molar-refractivity contribution in [2.45, 2.75) is 42.9 Å². The fraction of sp³-hybridized carbons (Fsp3) is 0.429. The Morgan fingerprint density at radius 2 is 2.20 bits per heavy atom. The summed E-state index contributed by atoms with van der Waals surface area (Å²) in [4.78, 5) is 5.15. The van der Waals surface area contributed by atoms with E-state index in [1.807, 2.05) is 19.9 Å². The molecule has 0 saturated heterocycles. The highest BCUT2D eigenvalue weighted by molar-refractivity contribution is 7.98. The lowest BCUT2D eigenvalue weighted by Gasteiger charge is -2.16. The maximum Gasteiger partial charge on any atom is 0.226 e. The third-order valence-corrected chi connectivity index (χ3v) is 3.65. The van der Waals surface area contributed by atoms with Crippen LogP contribution in [-0.2, 0) is 12.2 Å². The topological polar surface area (TPSA) is 64.9 Å². The number of aromatic nitrogens is 2. The van der Waals surface area contributed by atoms with Crippen LogP contribution in [0.4, 0.5) is 4.39 Å². The van der Waals surface area contributed by atoms with Crippen molar-refractivity contribution in [1.29, 1.82) is 0 Å². The summed E-state index contributed by atoms with van der Waals surface area (Å²) in [6, 6.07) is 6.45. The van der Waals surface area contributed by atoms with Crippen molar-refractivity contribution >= 4 is 11.8 Å². The van der Waals surface area contributed by atoms with Crippen LogP contribution < -0.4 is 5.73 Å². The van der Waals surface area contributed by atoms with E-state index in [1.165, 1.54) is 23.9 Å². The van der Waals surface area contributed by atoms with Crippen molar-refractivity contribution in [1.82, 2.24) is 10.1 Å².